The lowest BCUT2D eigenvalue weighted by Crippen LogP contribution is -1.71. The maximum absolute atomic E-state index is 9.35. The molecule has 0 amide bonds. The number of aromatic nitrogens is 1. The zero-order valence-corrected chi connectivity index (χ0v) is 8.69. The fourth-order valence-corrected chi connectivity index (χ4v) is 2.09. The van der Waals surface area contributed by atoms with E-state index in [0.29, 0.717) is 9.48 Å². The normalized spacial score (nSPS) is 10.2. The van der Waals surface area contributed by atoms with Crippen molar-refractivity contribution < 1.29 is 5.11 Å². The number of hydrogen-bond donors (Lipinski definition) is 1. The van der Waals surface area contributed by atoms with E-state index in [4.69, 9.17) is 5.26 Å². The third-order valence-corrected chi connectivity index (χ3v) is 3.11. The van der Waals surface area contributed by atoms with Crippen LogP contribution in [0.1, 0.15) is 5.01 Å². The highest BCUT2D eigenvalue weighted by atomic mass is 79.9. The summed E-state index contributed by atoms with van der Waals surface area (Å²) in [5.41, 5.74) is 0.728. The van der Waals surface area contributed by atoms with Gasteiger partial charge in [0.15, 0.2) is 5.01 Å². The van der Waals surface area contributed by atoms with Gasteiger partial charge in [0.25, 0.3) is 0 Å². The highest BCUT2D eigenvalue weighted by molar-refractivity contribution is 9.10. The summed E-state index contributed by atoms with van der Waals surface area (Å²) >= 11 is 4.45. The molecule has 2 rings (SSSR count). The van der Waals surface area contributed by atoms with E-state index in [1.54, 1.807) is 12.1 Å². The highest BCUT2D eigenvalue weighted by Gasteiger charge is 2.06. The summed E-state index contributed by atoms with van der Waals surface area (Å²) in [6, 6.07) is 5.26. The Bertz CT molecular complexity index is 476. The SMILES string of the molecule is N#Cc1nc2cc(Br)c(O)cc2s1. The molecule has 0 aliphatic heterocycles. The Morgan fingerprint density at radius 2 is 2.31 bits per heavy atom. The summed E-state index contributed by atoms with van der Waals surface area (Å²) in [4.78, 5) is 4.05. The van der Waals surface area contributed by atoms with Crippen molar-refractivity contribution in [2.24, 2.45) is 0 Å². The topological polar surface area (TPSA) is 56.9 Å². The van der Waals surface area contributed by atoms with Crippen molar-refractivity contribution in [2.75, 3.05) is 0 Å². The Labute approximate surface area is 86.4 Å². The second-order valence-electron chi connectivity index (χ2n) is 2.40. The van der Waals surface area contributed by atoms with Crippen LogP contribution in [0.15, 0.2) is 16.6 Å². The van der Waals surface area contributed by atoms with Crippen LogP contribution < -0.4 is 0 Å². The number of benzene rings is 1. The zero-order valence-electron chi connectivity index (χ0n) is 6.28. The number of thiazole rings is 1. The molecule has 0 radical (unpaired) electrons. The van der Waals surface area contributed by atoms with E-state index in [1.165, 1.54) is 11.3 Å². The van der Waals surface area contributed by atoms with E-state index in [0.717, 1.165) is 10.2 Å². The predicted octanol–water partition coefficient (Wildman–Crippen LogP) is 2.64. The number of rotatable bonds is 0. The van der Waals surface area contributed by atoms with E-state index in [-0.39, 0.29) is 5.75 Å². The number of aromatic hydroxyl groups is 1. The van der Waals surface area contributed by atoms with Gasteiger partial charge < -0.3 is 5.11 Å². The average Bonchev–Trinajstić information content (AvgIpc) is 2.48. The highest BCUT2D eigenvalue weighted by Crippen LogP contribution is 2.31. The Balaban J connectivity index is 2.79. The molecule has 3 nitrogen and oxygen atoms in total. The molecule has 1 aromatic carbocycles. The molecule has 0 spiro atoms. The molecule has 0 unspecified atom stereocenters. The second-order valence-corrected chi connectivity index (χ2v) is 4.29. The molecule has 0 bridgehead atoms. The third kappa shape index (κ3) is 1.39. The quantitative estimate of drug-likeness (QED) is 0.787. The van der Waals surface area contributed by atoms with Crippen molar-refractivity contribution in [3.63, 3.8) is 0 Å². The van der Waals surface area contributed by atoms with E-state index >= 15 is 0 Å². The Hall–Kier alpha value is -1.12. The summed E-state index contributed by atoms with van der Waals surface area (Å²) < 4.78 is 1.41. The second kappa shape index (κ2) is 2.98. The number of halogens is 1. The van der Waals surface area contributed by atoms with Crippen LogP contribution >= 0.6 is 27.3 Å². The molecule has 64 valence electrons. The van der Waals surface area contributed by atoms with Crippen molar-refractivity contribution in [1.29, 1.82) is 5.26 Å². The van der Waals surface area contributed by atoms with Crippen molar-refractivity contribution >= 4 is 37.5 Å². The standard InChI is InChI=1S/C8H3BrN2OS/c9-4-1-5-7(2-6(4)12)13-8(3-10)11-5/h1-2,12H. The molecule has 0 saturated heterocycles. The van der Waals surface area contributed by atoms with E-state index < -0.39 is 0 Å². The summed E-state index contributed by atoms with van der Waals surface area (Å²) in [5, 5.41) is 18.4. The van der Waals surface area contributed by atoms with Crippen LogP contribution in [0.4, 0.5) is 0 Å². The zero-order chi connectivity index (χ0) is 9.42. The van der Waals surface area contributed by atoms with Gasteiger partial charge in [0.2, 0.25) is 0 Å². The van der Waals surface area contributed by atoms with Crippen LogP contribution in [-0.2, 0) is 0 Å². The minimum Gasteiger partial charge on any atom is -0.507 e. The summed E-state index contributed by atoms with van der Waals surface area (Å²) in [7, 11) is 0. The number of nitriles is 1. The molecular weight excluding hydrogens is 252 g/mol. The largest absolute Gasteiger partial charge is 0.507 e. The molecule has 0 fully saturated rings. The van der Waals surface area contributed by atoms with Crippen LogP contribution in [0.5, 0.6) is 5.75 Å². The summed E-state index contributed by atoms with van der Waals surface area (Å²) in [6.07, 6.45) is 0. The van der Waals surface area contributed by atoms with Gasteiger partial charge >= 0.3 is 0 Å². The molecule has 0 saturated carbocycles. The van der Waals surface area contributed by atoms with Crippen molar-refractivity contribution in [2.45, 2.75) is 0 Å². The van der Waals surface area contributed by atoms with Crippen LogP contribution in [-0.4, -0.2) is 10.1 Å². The van der Waals surface area contributed by atoms with Gasteiger partial charge in [-0.1, -0.05) is 0 Å². The minimum atomic E-state index is 0.167. The Morgan fingerprint density at radius 3 is 3.00 bits per heavy atom. The smallest absolute Gasteiger partial charge is 0.195 e. The number of phenolic OH excluding ortho intramolecular Hbond substituents is 1. The summed E-state index contributed by atoms with van der Waals surface area (Å²) in [6.45, 7) is 0. The number of nitrogens with zero attached hydrogens (tertiary/aromatic N) is 2. The Kier molecular flexibility index (Phi) is 1.94. The van der Waals surface area contributed by atoms with Crippen LogP contribution in [0, 0.1) is 11.3 Å². The molecule has 1 N–H and O–H groups in total. The van der Waals surface area contributed by atoms with Crippen LogP contribution in [0.2, 0.25) is 0 Å². The molecule has 2 aromatic rings. The molecule has 0 aliphatic carbocycles. The molecule has 13 heavy (non-hydrogen) atoms. The minimum absolute atomic E-state index is 0.167. The number of hydrogen-bond acceptors (Lipinski definition) is 4. The molecular formula is C8H3BrN2OS. The van der Waals surface area contributed by atoms with Gasteiger partial charge in [0.1, 0.15) is 11.8 Å². The van der Waals surface area contributed by atoms with Crippen molar-refractivity contribution in [3.05, 3.63) is 21.6 Å². The van der Waals surface area contributed by atoms with Gasteiger partial charge in [-0.3, -0.25) is 0 Å². The first kappa shape index (κ1) is 8.48. The number of phenols is 1. The molecule has 5 heteroatoms. The van der Waals surface area contributed by atoms with Gasteiger partial charge in [-0.05, 0) is 22.0 Å². The first-order valence-corrected chi connectivity index (χ1v) is 5.01. The average molecular weight is 255 g/mol. The van der Waals surface area contributed by atoms with Gasteiger partial charge in [-0.25, -0.2) is 4.98 Å². The van der Waals surface area contributed by atoms with Crippen molar-refractivity contribution in [3.8, 4) is 11.8 Å². The lowest BCUT2D eigenvalue weighted by Gasteiger charge is -1.94. The van der Waals surface area contributed by atoms with Gasteiger partial charge in [-0.2, -0.15) is 5.26 Å². The molecule has 1 heterocycles. The first-order chi connectivity index (χ1) is 6.20. The van der Waals surface area contributed by atoms with Crippen LogP contribution in [0.3, 0.4) is 0 Å². The first-order valence-electron chi connectivity index (χ1n) is 3.40. The lowest BCUT2D eigenvalue weighted by molar-refractivity contribution is 0.473. The maximum atomic E-state index is 9.35. The van der Waals surface area contributed by atoms with Gasteiger partial charge in [-0.15, -0.1) is 11.3 Å². The summed E-state index contributed by atoms with van der Waals surface area (Å²) in [5.74, 6) is 0.167. The van der Waals surface area contributed by atoms with Gasteiger partial charge in [0.05, 0.1) is 14.7 Å². The van der Waals surface area contributed by atoms with E-state index in [2.05, 4.69) is 20.9 Å². The van der Waals surface area contributed by atoms with Crippen molar-refractivity contribution in [1.82, 2.24) is 4.98 Å². The van der Waals surface area contributed by atoms with Gasteiger partial charge in [0, 0.05) is 6.07 Å². The molecule has 1 aromatic heterocycles. The lowest BCUT2D eigenvalue weighted by atomic mass is 10.3. The van der Waals surface area contributed by atoms with E-state index in [1.807, 2.05) is 6.07 Å². The predicted molar refractivity (Wildman–Crippen MR) is 53.7 cm³/mol. The van der Waals surface area contributed by atoms with E-state index in [9.17, 15) is 5.11 Å². The Morgan fingerprint density at radius 1 is 1.54 bits per heavy atom. The third-order valence-electron chi connectivity index (χ3n) is 1.55. The molecule has 0 atom stereocenters. The maximum Gasteiger partial charge on any atom is 0.195 e. The number of fused-ring (bicyclic) bond motifs is 1. The fourth-order valence-electron chi connectivity index (χ4n) is 0.985. The monoisotopic (exact) mass is 254 g/mol. The molecule has 0 aliphatic rings. The van der Waals surface area contributed by atoms with Crippen LogP contribution in [0.25, 0.3) is 10.2 Å². The fraction of sp³-hybridized carbons (Fsp3) is 0.